The van der Waals surface area contributed by atoms with Crippen molar-refractivity contribution in [3.8, 4) is 11.5 Å². The van der Waals surface area contributed by atoms with Crippen molar-refractivity contribution in [2.45, 2.75) is 38.8 Å². The lowest BCUT2D eigenvalue weighted by Gasteiger charge is -2.32. The van der Waals surface area contributed by atoms with Gasteiger partial charge in [-0.2, -0.15) is 8.78 Å². The Morgan fingerprint density at radius 2 is 2.17 bits per heavy atom. The number of alkyl halides is 2. The van der Waals surface area contributed by atoms with Crippen molar-refractivity contribution >= 4 is 12.0 Å². The van der Waals surface area contributed by atoms with Gasteiger partial charge in [-0.05, 0) is 38.3 Å². The van der Waals surface area contributed by atoms with Gasteiger partial charge in [0.2, 0.25) is 5.91 Å². The average Bonchev–Trinajstić information content (AvgIpc) is 2.53. The Bertz CT molecular complexity index is 575. The lowest BCUT2D eigenvalue weighted by atomic mass is 10.0. The van der Waals surface area contributed by atoms with E-state index in [2.05, 4.69) is 4.74 Å². The summed E-state index contributed by atoms with van der Waals surface area (Å²) in [4.78, 5) is 14.1. The molecule has 1 heterocycles. The highest BCUT2D eigenvalue weighted by Crippen LogP contribution is 2.33. The molecule has 1 amide bonds. The number of nitrogens with zero attached hydrogens (tertiary/aromatic N) is 1. The fourth-order valence-corrected chi connectivity index (χ4v) is 2.72. The summed E-state index contributed by atoms with van der Waals surface area (Å²) >= 11 is 0. The maximum atomic E-state index is 12.6. The van der Waals surface area contributed by atoms with Crippen LogP contribution >= 0.6 is 0 Å². The molecule has 0 saturated carbocycles. The number of carbonyl (C=O) groups excluding carboxylic acids is 1. The number of amides is 1. The van der Waals surface area contributed by atoms with Crippen molar-refractivity contribution in [2.75, 3.05) is 13.7 Å². The molecule has 1 unspecified atom stereocenters. The molecule has 0 aromatic heterocycles. The highest BCUT2D eigenvalue weighted by molar-refractivity contribution is 5.92. The van der Waals surface area contributed by atoms with Crippen molar-refractivity contribution in [2.24, 2.45) is 0 Å². The zero-order chi connectivity index (χ0) is 16.8. The first-order valence-corrected chi connectivity index (χ1v) is 7.63. The Morgan fingerprint density at radius 1 is 1.39 bits per heavy atom. The first-order valence-electron chi connectivity index (χ1n) is 7.63. The van der Waals surface area contributed by atoms with E-state index in [9.17, 15) is 13.6 Å². The molecule has 0 bridgehead atoms. The Hall–Kier alpha value is -2.11. The molecule has 6 heteroatoms. The Kier molecular flexibility index (Phi) is 5.96. The molecule has 1 aromatic rings. The summed E-state index contributed by atoms with van der Waals surface area (Å²) in [5.74, 6) is 0.00926. The van der Waals surface area contributed by atoms with Crippen molar-refractivity contribution < 1.29 is 23.0 Å². The summed E-state index contributed by atoms with van der Waals surface area (Å²) in [6.45, 7) is -0.221. The predicted molar refractivity (Wildman–Crippen MR) is 83.7 cm³/mol. The fraction of sp³-hybridized carbons (Fsp3) is 0.471. The molecule has 1 fully saturated rings. The Labute approximate surface area is 134 Å². The van der Waals surface area contributed by atoms with Gasteiger partial charge in [-0.1, -0.05) is 12.1 Å². The second-order valence-electron chi connectivity index (χ2n) is 5.47. The highest BCUT2D eigenvalue weighted by atomic mass is 19.3. The van der Waals surface area contributed by atoms with Crippen LogP contribution in [-0.2, 0) is 4.79 Å². The first-order chi connectivity index (χ1) is 11.0. The van der Waals surface area contributed by atoms with E-state index >= 15 is 0 Å². The quantitative estimate of drug-likeness (QED) is 0.775. The summed E-state index contributed by atoms with van der Waals surface area (Å²) in [5, 5.41) is 0. The van der Waals surface area contributed by atoms with E-state index in [1.165, 1.54) is 25.3 Å². The number of piperidine rings is 1. The van der Waals surface area contributed by atoms with Gasteiger partial charge in [-0.25, -0.2) is 0 Å². The average molecular weight is 325 g/mol. The third-order valence-electron chi connectivity index (χ3n) is 3.93. The molecule has 23 heavy (non-hydrogen) atoms. The van der Waals surface area contributed by atoms with Crippen molar-refractivity contribution in [3.63, 3.8) is 0 Å². The number of ether oxygens (including phenoxy) is 2. The van der Waals surface area contributed by atoms with E-state index in [0.717, 1.165) is 25.8 Å². The molecule has 0 spiro atoms. The van der Waals surface area contributed by atoms with Gasteiger partial charge >= 0.3 is 6.61 Å². The van der Waals surface area contributed by atoms with Crippen LogP contribution in [0.15, 0.2) is 24.3 Å². The van der Waals surface area contributed by atoms with Crippen LogP contribution < -0.4 is 9.47 Å². The zero-order valence-electron chi connectivity index (χ0n) is 13.3. The number of hydrogen-bond acceptors (Lipinski definition) is 3. The number of likely N-dealkylation sites (tertiary alicyclic amines) is 1. The highest BCUT2D eigenvalue weighted by Gasteiger charge is 2.21. The molecule has 0 aliphatic carbocycles. The summed E-state index contributed by atoms with van der Waals surface area (Å²) in [7, 11) is 1.38. The summed E-state index contributed by atoms with van der Waals surface area (Å²) in [5.41, 5.74) is 0.377. The van der Waals surface area contributed by atoms with Crippen molar-refractivity contribution in [1.29, 1.82) is 0 Å². The van der Waals surface area contributed by atoms with Crippen LogP contribution in [0, 0.1) is 0 Å². The monoisotopic (exact) mass is 325 g/mol. The fourth-order valence-electron chi connectivity index (χ4n) is 2.72. The number of methoxy groups -OCH3 is 1. The maximum Gasteiger partial charge on any atom is 0.387 e. The van der Waals surface area contributed by atoms with Crippen LogP contribution in [0.3, 0.4) is 0 Å². The van der Waals surface area contributed by atoms with Gasteiger partial charge in [0.15, 0.2) is 11.5 Å². The molecule has 0 N–H and O–H groups in total. The smallest absolute Gasteiger partial charge is 0.387 e. The van der Waals surface area contributed by atoms with Gasteiger partial charge in [0, 0.05) is 24.2 Å². The van der Waals surface area contributed by atoms with Crippen LogP contribution in [0.25, 0.3) is 6.08 Å². The molecule has 1 aromatic carbocycles. The lowest BCUT2D eigenvalue weighted by molar-refractivity contribution is -0.129. The SMILES string of the molecule is COc1cccc(/C=C/C(=O)N2CCCCC2C)c1OC(F)F. The second-order valence-corrected chi connectivity index (χ2v) is 5.47. The molecular weight excluding hydrogens is 304 g/mol. The van der Waals surface area contributed by atoms with Crippen LogP contribution in [0.2, 0.25) is 0 Å². The van der Waals surface area contributed by atoms with E-state index in [1.54, 1.807) is 17.0 Å². The molecule has 1 saturated heterocycles. The predicted octanol–water partition coefficient (Wildman–Crippen LogP) is 3.71. The third-order valence-corrected chi connectivity index (χ3v) is 3.93. The lowest BCUT2D eigenvalue weighted by Crippen LogP contribution is -2.41. The van der Waals surface area contributed by atoms with E-state index in [0.29, 0.717) is 5.56 Å². The van der Waals surface area contributed by atoms with E-state index in [-0.39, 0.29) is 23.4 Å². The second kappa shape index (κ2) is 7.94. The van der Waals surface area contributed by atoms with E-state index in [1.807, 2.05) is 6.92 Å². The van der Waals surface area contributed by atoms with Gasteiger partial charge in [-0.3, -0.25) is 4.79 Å². The normalized spacial score (nSPS) is 18.5. The molecule has 1 atom stereocenters. The third kappa shape index (κ3) is 4.43. The molecule has 0 radical (unpaired) electrons. The minimum atomic E-state index is -2.96. The molecule has 2 rings (SSSR count). The molecule has 126 valence electrons. The number of para-hydroxylation sites is 1. The number of carbonyl (C=O) groups is 1. The van der Waals surface area contributed by atoms with E-state index < -0.39 is 6.61 Å². The van der Waals surface area contributed by atoms with Gasteiger partial charge < -0.3 is 14.4 Å². The first kappa shape index (κ1) is 17.2. The van der Waals surface area contributed by atoms with Crippen LogP contribution in [0.4, 0.5) is 8.78 Å². The zero-order valence-corrected chi connectivity index (χ0v) is 13.3. The number of hydrogen-bond donors (Lipinski definition) is 0. The van der Waals surface area contributed by atoms with Crippen LogP contribution in [0.1, 0.15) is 31.7 Å². The van der Waals surface area contributed by atoms with Gasteiger partial charge in [0.1, 0.15) is 0 Å². The minimum absolute atomic E-state index is 0.0688. The molecule has 1 aliphatic heterocycles. The van der Waals surface area contributed by atoms with Gasteiger partial charge in [0.05, 0.1) is 7.11 Å². The van der Waals surface area contributed by atoms with Gasteiger partial charge in [-0.15, -0.1) is 0 Å². The van der Waals surface area contributed by atoms with Crippen molar-refractivity contribution in [1.82, 2.24) is 4.90 Å². The Morgan fingerprint density at radius 3 is 2.83 bits per heavy atom. The maximum absolute atomic E-state index is 12.6. The number of benzene rings is 1. The summed E-state index contributed by atoms with van der Waals surface area (Å²) in [6.07, 6.45) is 5.98. The molecule has 1 aliphatic rings. The van der Waals surface area contributed by atoms with Crippen LogP contribution in [-0.4, -0.2) is 37.1 Å². The van der Waals surface area contributed by atoms with Crippen LogP contribution in [0.5, 0.6) is 11.5 Å². The number of halogens is 2. The summed E-state index contributed by atoms with van der Waals surface area (Å²) < 4.78 is 34.7. The molecular formula is C17H21F2NO3. The van der Waals surface area contributed by atoms with Crippen molar-refractivity contribution in [3.05, 3.63) is 29.8 Å². The Balaban J connectivity index is 2.19. The minimum Gasteiger partial charge on any atom is -0.493 e. The van der Waals surface area contributed by atoms with Gasteiger partial charge in [0.25, 0.3) is 0 Å². The standard InChI is InChI=1S/C17H21F2NO3/c1-12-6-3-4-11-20(12)15(21)10-9-13-7-5-8-14(22-2)16(13)23-17(18)19/h5,7-10,12,17H,3-4,6,11H2,1-2H3/b10-9+. The molecule has 4 nitrogen and oxygen atoms in total. The largest absolute Gasteiger partial charge is 0.493 e. The number of rotatable bonds is 5. The van der Waals surface area contributed by atoms with E-state index in [4.69, 9.17) is 4.74 Å². The summed E-state index contributed by atoms with van der Waals surface area (Å²) in [6, 6.07) is 4.99. The topological polar surface area (TPSA) is 38.8 Å².